The largest absolute Gasteiger partial charge is 0.491 e. The average Bonchev–Trinajstić information content (AvgIpc) is 2.15. The van der Waals surface area contributed by atoms with Gasteiger partial charge >= 0.3 is 0 Å². The van der Waals surface area contributed by atoms with Crippen LogP contribution in [-0.4, -0.2) is 12.6 Å². The molecule has 1 atom stereocenters. The lowest BCUT2D eigenvalue weighted by atomic mass is 10.2. The fourth-order valence-electron chi connectivity index (χ4n) is 0.906. The molecular formula is C10H13ClN2O. The molecule has 0 spiro atoms. The van der Waals surface area contributed by atoms with Gasteiger partial charge in [-0.2, -0.15) is 5.26 Å². The summed E-state index contributed by atoms with van der Waals surface area (Å²) in [7, 11) is 0. The second-order valence-electron chi connectivity index (χ2n) is 2.90. The van der Waals surface area contributed by atoms with E-state index in [1.54, 1.807) is 18.2 Å². The number of hydrogen-bond donors (Lipinski definition) is 1. The molecule has 14 heavy (non-hydrogen) atoms. The molecule has 0 heterocycles. The summed E-state index contributed by atoms with van der Waals surface area (Å²) in [6.07, 6.45) is 0. The van der Waals surface area contributed by atoms with Crippen molar-refractivity contribution in [2.45, 2.75) is 13.0 Å². The topological polar surface area (TPSA) is 59.0 Å². The maximum absolute atomic E-state index is 8.72. The Morgan fingerprint density at radius 3 is 2.71 bits per heavy atom. The molecule has 0 aliphatic rings. The van der Waals surface area contributed by atoms with Gasteiger partial charge in [0.2, 0.25) is 0 Å². The summed E-state index contributed by atoms with van der Waals surface area (Å²) < 4.78 is 5.34. The molecule has 1 aromatic rings. The lowest BCUT2D eigenvalue weighted by Gasteiger charge is -2.09. The van der Waals surface area contributed by atoms with Crippen LogP contribution in [0, 0.1) is 11.3 Å². The molecule has 1 rings (SSSR count). The number of nitriles is 1. The summed E-state index contributed by atoms with van der Waals surface area (Å²) in [5.41, 5.74) is 6.07. The Hall–Kier alpha value is -1.24. The van der Waals surface area contributed by atoms with E-state index >= 15 is 0 Å². The van der Waals surface area contributed by atoms with Gasteiger partial charge in [-0.05, 0) is 19.1 Å². The number of para-hydroxylation sites is 1. The van der Waals surface area contributed by atoms with Crippen LogP contribution in [0.1, 0.15) is 12.5 Å². The Balaban J connectivity index is 0.00000169. The van der Waals surface area contributed by atoms with Crippen molar-refractivity contribution in [2.24, 2.45) is 5.73 Å². The molecule has 4 heteroatoms. The number of nitrogens with two attached hydrogens (primary N) is 1. The second kappa shape index (κ2) is 6.25. The smallest absolute Gasteiger partial charge is 0.137 e. The number of halogens is 1. The van der Waals surface area contributed by atoms with Crippen LogP contribution in [0.2, 0.25) is 0 Å². The highest BCUT2D eigenvalue weighted by Crippen LogP contribution is 2.16. The Kier molecular flexibility index (Phi) is 5.70. The standard InChI is InChI=1S/C10H12N2O.ClH/c1-8(12)7-13-10-5-3-2-4-9(10)6-11;/h2-5,8H,7,12H2,1H3;1H/t8-;/m0./s1. The van der Waals surface area contributed by atoms with Crippen molar-refractivity contribution in [3.05, 3.63) is 29.8 Å². The molecule has 1 aromatic carbocycles. The van der Waals surface area contributed by atoms with Crippen LogP contribution < -0.4 is 10.5 Å². The fraction of sp³-hybridized carbons (Fsp3) is 0.300. The Morgan fingerprint density at radius 2 is 2.14 bits per heavy atom. The zero-order valence-electron chi connectivity index (χ0n) is 7.93. The van der Waals surface area contributed by atoms with Crippen LogP contribution in [-0.2, 0) is 0 Å². The normalized spacial score (nSPS) is 10.9. The second-order valence-corrected chi connectivity index (χ2v) is 2.90. The van der Waals surface area contributed by atoms with E-state index in [2.05, 4.69) is 6.07 Å². The maximum Gasteiger partial charge on any atom is 0.137 e. The molecule has 0 radical (unpaired) electrons. The first-order valence-corrected chi connectivity index (χ1v) is 4.11. The van der Waals surface area contributed by atoms with E-state index in [0.29, 0.717) is 17.9 Å². The molecule has 0 saturated carbocycles. The van der Waals surface area contributed by atoms with E-state index in [1.165, 1.54) is 0 Å². The number of ether oxygens (including phenoxy) is 1. The van der Waals surface area contributed by atoms with Gasteiger partial charge in [0.15, 0.2) is 0 Å². The van der Waals surface area contributed by atoms with Gasteiger partial charge in [-0.1, -0.05) is 12.1 Å². The van der Waals surface area contributed by atoms with Gasteiger partial charge in [0, 0.05) is 6.04 Å². The lowest BCUT2D eigenvalue weighted by molar-refractivity contribution is 0.295. The van der Waals surface area contributed by atoms with E-state index in [-0.39, 0.29) is 18.4 Å². The predicted octanol–water partition coefficient (Wildman–Crippen LogP) is 1.71. The molecule has 0 bridgehead atoms. The fourth-order valence-corrected chi connectivity index (χ4v) is 0.906. The van der Waals surface area contributed by atoms with Crippen LogP contribution in [0.4, 0.5) is 0 Å². The molecule has 3 nitrogen and oxygen atoms in total. The molecule has 76 valence electrons. The van der Waals surface area contributed by atoms with Crippen molar-refractivity contribution in [1.29, 1.82) is 5.26 Å². The molecule has 0 saturated heterocycles. The summed E-state index contributed by atoms with van der Waals surface area (Å²) in [5.74, 6) is 0.599. The highest BCUT2D eigenvalue weighted by Gasteiger charge is 2.02. The van der Waals surface area contributed by atoms with E-state index in [1.807, 2.05) is 13.0 Å². The van der Waals surface area contributed by atoms with Gasteiger partial charge in [-0.15, -0.1) is 12.4 Å². The van der Waals surface area contributed by atoms with Gasteiger partial charge in [-0.25, -0.2) is 0 Å². The molecule has 0 amide bonds. The molecule has 0 fully saturated rings. The number of hydrogen-bond acceptors (Lipinski definition) is 3. The van der Waals surface area contributed by atoms with Gasteiger partial charge in [-0.3, -0.25) is 0 Å². The van der Waals surface area contributed by atoms with Crippen molar-refractivity contribution < 1.29 is 4.74 Å². The Labute approximate surface area is 89.9 Å². The van der Waals surface area contributed by atoms with E-state index in [4.69, 9.17) is 15.7 Å². The summed E-state index contributed by atoms with van der Waals surface area (Å²) in [5, 5.41) is 8.72. The zero-order valence-corrected chi connectivity index (χ0v) is 8.75. The minimum Gasteiger partial charge on any atom is -0.491 e. The predicted molar refractivity (Wildman–Crippen MR) is 57.5 cm³/mol. The summed E-state index contributed by atoms with van der Waals surface area (Å²) in [6, 6.07) is 9.15. The van der Waals surface area contributed by atoms with Gasteiger partial charge in [0.05, 0.1) is 5.56 Å². The number of benzene rings is 1. The Morgan fingerprint density at radius 1 is 1.50 bits per heavy atom. The van der Waals surface area contributed by atoms with Crippen LogP contribution in [0.25, 0.3) is 0 Å². The SMILES string of the molecule is C[C@H](N)COc1ccccc1C#N.Cl. The minimum absolute atomic E-state index is 0. The third-order valence-corrected chi connectivity index (χ3v) is 1.51. The summed E-state index contributed by atoms with van der Waals surface area (Å²) in [4.78, 5) is 0. The van der Waals surface area contributed by atoms with Gasteiger partial charge in [0.1, 0.15) is 18.4 Å². The van der Waals surface area contributed by atoms with Gasteiger partial charge < -0.3 is 10.5 Å². The first kappa shape index (κ1) is 12.8. The van der Waals surface area contributed by atoms with Crippen LogP contribution in [0.5, 0.6) is 5.75 Å². The quantitative estimate of drug-likeness (QED) is 0.830. The van der Waals surface area contributed by atoms with Crippen LogP contribution in [0.3, 0.4) is 0 Å². The lowest BCUT2D eigenvalue weighted by Crippen LogP contribution is -2.23. The van der Waals surface area contributed by atoms with Gasteiger partial charge in [0.25, 0.3) is 0 Å². The third-order valence-electron chi connectivity index (χ3n) is 1.51. The van der Waals surface area contributed by atoms with Crippen LogP contribution >= 0.6 is 12.4 Å². The first-order valence-electron chi connectivity index (χ1n) is 4.11. The maximum atomic E-state index is 8.72. The summed E-state index contributed by atoms with van der Waals surface area (Å²) in [6.45, 7) is 2.29. The monoisotopic (exact) mass is 212 g/mol. The average molecular weight is 213 g/mol. The van der Waals surface area contributed by atoms with Crippen molar-refractivity contribution in [1.82, 2.24) is 0 Å². The molecule has 0 aromatic heterocycles. The summed E-state index contributed by atoms with van der Waals surface area (Å²) >= 11 is 0. The third kappa shape index (κ3) is 3.65. The minimum atomic E-state index is -0.0215. The number of nitrogens with zero attached hydrogens (tertiary/aromatic N) is 1. The van der Waals surface area contributed by atoms with E-state index in [9.17, 15) is 0 Å². The molecular weight excluding hydrogens is 200 g/mol. The van der Waals surface area contributed by atoms with E-state index in [0.717, 1.165) is 0 Å². The number of rotatable bonds is 3. The first-order chi connectivity index (χ1) is 6.24. The highest BCUT2D eigenvalue weighted by molar-refractivity contribution is 5.85. The highest BCUT2D eigenvalue weighted by atomic mass is 35.5. The van der Waals surface area contributed by atoms with Crippen molar-refractivity contribution in [3.8, 4) is 11.8 Å². The molecule has 0 unspecified atom stereocenters. The van der Waals surface area contributed by atoms with Crippen molar-refractivity contribution in [2.75, 3.05) is 6.61 Å². The Bertz CT molecular complexity index is 320. The van der Waals surface area contributed by atoms with Crippen LogP contribution in [0.15, 0.2) is 24.3 Å². The van der Waals surface area contributed by atoms with E-state index < -0.39 is 0 Å². The zero-order chi connectivity index (χ0) is 9.68. The molecule has 0 aliphatic heterocycles. The van der Waals surface area contributed by atoms with Crippen molar-refractivity contribution in [3.63, 3.8) is 0 Å². The molecule has 0 aliphatic carbocycles. The molecule has 2 N–H and O–H groups in total. The van der Waals surface area contributed by atoms with Crippen molar-refractivity contribution >= 4 is 12.4 Å².